The molecule has 2 nitrogen and oxygen atoms in total. The predicted molar refractivity (Wildman–Crippen MR) is 147 cm³/mol. The average molecular weight is 465 g/mol. The predicted octanol–water partition coefficient (Wildman–Crippen LogP) is 10.9. The second kappa shape index (κ2) is 29.2. The van der Waals surface area contributed by atoms with E-state index in [2.05, 4.69) is 13.5 Å². The molecule has 0 atom stereocenters. The lowest BCUT2D eigenvalue weighted by molar-refractivity contribution is -0.143. The highest BCUT2D eigenvalue weighted by molar-refractivity contribution is 5.69. The highest BCUT2D eigenvalue weighted by Crippen LogP contribution is 2.15. The van der Waals surface area contributed by atoms with Crippen LogP contribution >= 0.6 is 0 Å². The van der Waals surface area contributed by atoms with E-state index >= 15 is 0 Å². The normalized spacial score (nSPS) is 11.1. The molecule has 0 aromatic rings. The van der Waals surface area contributed by atoms with Gasteiger partial charge in [0.05, 0.1) is 6.61 Å². The van der Waals surface area contributed by atoms with Gasteiger partial charge in [-0.05, 0) is 25.7 Å². The van der Waals surface area contributed by atoms with Gasteiger partial charge in [0, 0.05) is 6.42 Å². The third-order valence-electron chi connectivity index (χ3n) is 6.80. The summed E-state index contributed by atoms with van der Waals surface area (Å²) in [5.41, 5.74) is 0. The Morgan fingerprint density at radius 3 is 1.27 bits per heavy atom. The van der Waals surface area contributed by atoms with Crippen molar-refractivity contribution in [2.75, 3.05) is 6.61 Å². The van der Waals surface area contributed by atoms with Crippen molar-refractivity contribution in [2.24, 2.45) is 0 Å². The highest BCUT2D eigenvalue weighted by Gasteiger charge is 2.02. The van der Waals surface area contributed by atoms with Gasteiger partial charge in [-0.2, -0.15) is 0 Å². The summed E-state index contributed by atoms with van der Waals surface area (Å²) in [6.45, 7) is 6.57. The standard InChI is InChI=1S/C31H60O2/c1-3-5-7-9-10-11-12-13-14-15-16-17-18-19-20-21-22-23-24-25-26-27-29-31(32)33-30-28-8-6-4-2/h4H,2-3,5-30H2,1H3. The molecule has 0 rings (SSSR count). The molecule has 0 saturated carbocycles. The van der Waals surface area contributed by atoms with Crippen LogP contribution in [0.3, 0.4) is 0 Å². The van der Waals surface area contributed by atoms with Gasteiger partial charge in [-0.3, -0.25) is 4.79 Å². The SMILES string of the molecule is C=CCCCCOC(=O)CCCCCCCCCCCCCCCCCCCCCCCC. The number of carbonyl (C=O) groups excluding carboxylic acids is 1. The summed E-state index contributed by atoms with van der Waals surface area (Å²) in [6, 6.07) is 0. The molecule has 0 amide bonds. The number of esters is 1. The van der Waals surface area contributed by atoms with Gasteiger partial charge in [-0.15, -0.1) is 6.58 Å². The van der Waals surface area contributed by atoms with Gasteiger partial charge >= 0.3 is 5.97 Å². The number of carbonyl (C=O) groups is 1. The Morgan fingerprint density at radius 1 is 0.545 bits per heavy atom. The van der Waals surface area contributed by atoms with Crippen molar-refractivity contribution in [3.63, 3.8) is 0 Å². The molecule has 2 heteroatoms. The summed E-state index contributed by atoms with van der Waals surface area (Å²) in [4.78, 5) is 11.6. The molecular formula is C31H60O2. The van der Waals surface area contributed by atoms with Crippen LogP contribution in [-0.4, -0.2) is 12.6 Å². The molecule has 0 aliphatic rings. The van der Waals surface area contributed by atoms with Crippen LogP contribution in [0.1, 0.15) is 174 Å². The van der Waals surface area contributed by atoms with E-state index in [4.69, 9.17) is 4.74 Å². The Balaban J connectivity index is 3.09. The first-order valence-corrected chi connectivity index (χ1v) is 15.1. The van der Waals surface area contributed by atoms with Crippen LogP contribution in [0.2, 0.25) is 0 Å². The van der Waals surface area contributed by atoms with Gasteiger partial charge in [0.25, 0.3) is 0 Å². The minimum atomic E-state index is -0.0123. The molecule has 0 aliphatic carbocycles. The maximum atomic E-state index is 11.6. The van der Waals surface area contributed by atoms with E-state index in [1.807, 2.05) is 6.08 Å². The number of ether oxygens (including phenoxy) is 1. The van der Waals surface area contributed by atoms with Gasteiger partial charge in [-0.25, -0.2) is 0 Å². The second-order valence-corrected chi connectivity index (χ2v) is 10.2. The highest BCUT2D eigenvalue weighted by atomic mass is 16.5. The van der Waals surface area contributed by atoms with E-state index < -0.39 is 0 Å². The first-order chi connectivity index (χ1) is 16.3. The van der Waals surface area contributed by atoms with Crippen LogP contribution < -0.4 is 0 Å². The molecule has 0 radical (unpaired) electrons. The molecule has 0 spiro atoms. The lowest BCUT2D eigenvalue weighted by Crippen LogP contribution is -2.05. The summed E-state index contributed by atoms with van der Waals surface area (Å²) in [6.07, 6.45) is 36.2. The van der Waals surface area contributed by atoms with Crippen molar-refractivity contribution < 1.29 is 9.53 Å². The van der Waals surface area contributed by atoms with E-state index in [1.165, 1.54) is 135 Å². The topological polar surface area (TPSA) is 26.3 Å². The summed E-state index contributed by atoms with van der Waals surface area (Å²) in [5.74, 6) is -0.0123. The van der Waals surface area contributed by atoms with Crippen molar-refractivity contribution >= 4 is 5.97 Å². The van der Waals surface area contributed by atoms with Crippen LogP contribution in [-0.2, 0) is 9.53 Å². The Morgan fingerprint density at radius 2 is 0.909 bits per heavy atom. The number of allylic oxidation sites excluding steroid dienone is 1. The van der Waals surface area contributed by atoms with Crippen molar-refractivity contribution in [3.8, 4) is 0 Å². The average Bonchev–Trinajstić information content (AvgIpc) is 2.82. The van der Waals surface area contributed by atoms with Crippen LogP contribution in [0.25, 0.3) is 0 Å². The molecule has 0 heterocycles. The largest absolute Gasteiger partial charge is 0.466 e. The minimum absolute atomic E-state index is 0.0123. The Hall–Kier alpha value is -0.790. The molecule has 33 heavy (non-hydrogen) atoms. The molecule has 0 aromatic heterocycles. The third kappa shape index (κ3) is 29.2. The van der Waals surface area contributed by atoms with Crippen molar-refractivity contribution in [1.29, 1.82) is 0 Å². The van der Waals surface area contributed by atoms with Crippen molar-refractivity contribution in [2.45, 2.75) is 174 Å². The number of rotatable bonds is 28. The van der Waals surface area contributed by atoms with Gasteiger partial charge in [0.2, 0.25) is 0 Å². The zero-order chi connectivity index (χ0) is 24.1. The fourth-order valence-electron chi connectivity index (χ4n) is 4.53. The first kappa shape index (κ1) is 32.2. The minimum Gasteiger partial charge on any atom is -0.466 e. The van der Waals surface area contributed by atoms with E-state index in [-0.39, 0.29) is 5.97 Å². The van der Waals surface area contributed by atoms with Gasteiger partial charge in [-0.1, -0.05) is 148 Å². The Bertz CT molecular complexity index is 390. The van der Waals surface area contributed by atoms with Gasteiger partial charge < -0.3 is 4.74 Å². The number of unbranched alkanes of at least 4 members (excludes halogenated alkanes) is 23. The summed E-state index contributed by atoms with van der Waals surface area (Å²) in [7, 11) is 0. The maximum Gasteiger partial charge on any atom is 0.305 e. The zero-order valence-corrected chi connectivity index (χ0v) is 22.7. The quantitative estimate of drug-likeness (QED) is 0.0653. The fourth-order valence-corrected chi connectivity index (χ4v) is 4.53. The number of hydrogen-bond acceptors (Lipinski definition) is 2. The second-order valence-electron chi connectivity index (χ2n) is 10.2. The molecule has 0 aliphatic heterocycles. The van der Waals surface area contributed by atoms with Crippen LogP contribution in [0.4, 0.5) is 0 Å². The number of hydrogen-bond donors (Lipinski definition) is 0. The zero-order valence-electron chi connectivity index (χ0n) is 22.7. The molecule has 0 bridgehead atoms. The molecule has 0 fully saturated rings. The molecular weight excluding hydrogens is 404 g/mol. The third-order valence-corrected chi connectivity index (χ3v) is 6.80. The van der Waals surface area contributed by atoms with E-state index in [9.17, 15) is 4.79 Å². The van der Waals surface area contributed by atoms with Crippen LogP contribution in [0.15, 0.2) is 12.7 Å². The first-order valence-electron chi connectivity index (χ1n) is 15.1. The summed E-state index contributed by atoms with van der Waals surface area (Å²) < 4.78 is 5.26. The van der Waals surface area contributed by atoms with E-state index in [0.29, 0.717) is 13.0 Å². The smallest absolute Gasteiger partial charge is 0.305 e. The Kier molecular flexibility index (Phi) is 28.5. The molecule has 0 unspecified atom stereocenters. The van der Waals surface area contributed by atoms with E-state index in [1.54, 1.807) is 0 Å². The van der Waals surface area contributed by atoms with Gasteiger partial charge in [0.1, 0.15) is 0 Å². The molecule has 0 saturated heterocycles. The monoisotopic (exact) mass is 464 g/mol. The summed E-state index contributed by atoms with van der Waals surface area (Å²) >= 11 is 0. The van der Waals surface area contributed by atoms with Crippen molar-refractivity contribution in [1.82, 2.24) is 0 Å². The Labute approximate surface area is 208 Å². The summed E-state index contributed by atoms with van der Waals surface area (Å²) in [5, 5.41) is 0. The lowest BCUT2D eigenvalue weighted by atomic mass is 10.0. The molecule has 196 valence electrons. The molecule has 0 aromatic carbocycles. The van der Waals surface area contributed by atoms with Crippen LogP contribution in [0, 0.1) is 0 Å². The lowest BCUT2D eigenvalue weighted by Gasteiger charge is -2.05. The van der Waals surface area contributed by atoms with Crippen molar-refractivity contribution in [3.05, 3.63) is 12.7 Å². The van der Waals surface area contributed by atoms with Gasteiger partial charge in [0.15, 0.2) is 0 Å². The molecule has 0 N–H and O–H groups in total. The fraction of sp³-hybridized carbons (Fsp3) is 0.903. The maximum absolute atomic E-state index is 11.6. The van der Waals surface area contributed by atoms with Crippen LogP contribution in [0.5, 0.6) is 0 Å². The van der Waals surface area contributed by atoms with E-state index in [0.717, 1.165) is 25.7 Å².